The van der Waals surface area contributed by atoms with Gasteiger partial charge < -0.3 is 10.1 Å². The molecule has 0 aromatic carbocycles. The molecular weight excluding hydrogens is 276 g/mol. The molecular formula is C13H18N4O2S. The number of hydrogen-bond acceptors (Lipinski definition) is 6. The van der Waals surface area contributed by atoms with Crippen LogP contribution in [0.15, 0.2) is 16.2 Å². The van der Waals surface area contributed by atoms with Gasteiger partial charge in [0.1, 0.15) is 0 Å². The Kier molecular flexibility index (Phi) is 4.86. The fourth-order valence-electron chi connectivity index (χ4n) is 1.82. The number of thiazole rings is 1. The highest BCUT2D eigenvalue weighted by atomic mass is 32.1. The van der Waals surface area contributed by atoms with Crippen LogP contribution in [-0.2, 0) is 11.3 Å². The van der Waals surface area contributed by atoms with Crippen LogP contribution in [0, 0.1) is 6.92 Å². The van der Waals surface area contributed by atoms with E-state index in [0.29, 0.717) is 24.4 Å². The smallest absolute Gasteiger partial charge is 0.276 e. The van der Waals surface area contributed by atoms with Crippen molar-refractivity contribution < 1.29 is 4.74 Å². The fourth-order valence-corrected chi connectivity index (χ4v) is 2.60. The van der Waals surface area contributed by atoms with Crippen molar-refractivity contribution in [3.8, 4) is 11.3 Å². The number of rotatable bonds is 6. The van der Waals surface area contributed by atoms with Crippen molar-refractivity contribution in [1.82, 2.24) is 14.8 Å². The number of methoxy groups -OCH3 is 1. The first kappa shape index (κ1) is 14.7. The van der Waals surface area contributed by atoms with Crippen molar-refractivity contribution >= 4 is 16.5 Å². The third-order valence-corrected chi connectivity index (χ3v) is 3.51. The molecule has 7 heteroatoms. The Morgan fingerprint density at radius 3 is 3.00 bits per heavy atom. The van der Waals surface area contributed by atoms with Gasteiger partial charge >= 0.3 is 0 Å². The molecule has 2 aromatic rings. The van der Waals surface area contributed by atoms with Crippen LogP contribution < -0.4 is 10.9 Å². The monoisotopic (exact) mass is 294 g/mol. The zero-order chi connectivity index (χ0) is 14.5. The lowest BCUT2D eigenvalue weighted by atomic mass is 10.2. The molecule has 2 rings (SSSR count). The number of aromatic nitrogens is 3. The molecule has 0 radical (unpaired) electrons. The summed E-state index contributed by atoms with van der Waals surface area (Å²) in [7, 11) is 1.60. The average Bonchev–Trinajstić information content (AvgIpc) is 2.88. The van der Waals surface area contributed by atoms with Gasteiger partial charge in [0, 0.05) is 19.0 Å². The summed E-state index contributed by atoms with van der Waals surface area (Å²) in [6.07, 6.45) is 0. The van der Waals surface area contributed by atoms with Crippen molar-refractivity contribution in [2.45, 2.75) is 20.4 Å². The van der Waals surface area contributed by atoms with E-state index in [2.05, 4.69) is 15.4 Å². The first-order valence-electron chi connectivity index (χ1n) is 6.43. The summed E-state index contributed by atoms with van der Waals surface area (Å²) in [6.45, 7) is 5.57. The molecule has 0 aliphatic rings. The molecule has 0 unspecified atom stereocenters. The molecule has 0 aliphatic carbocycles. The quantitative estimate of drug-likeness (QED) is 0.879. The lowest BCUT2D eigenvalue weighted by molar-refractivity contribution is 0.181. The highest BCUT2D eigenvalue weighted by Gasteiger charge is 2.12. The summed E-state index contributed by atoms with van der Waals surface area (Å²) < 4.78 is 6.43. The van der Waals surface area contributed by atoms with Gasteiger partial charge in [-0.1, -0.05) is 0 Å². The van der Waals surface area contributed by atoms with Gasteiger partial charge in [0.2, 0.25) is 0 Å². The van der Waals surface area contributed by atoms with Crippen LogP contribution in [0.4, 0.5) is 5.13 Å². The van der Waals surface area contributed by atoms with E-state index in [-0.39, 0.29) is 5.56 Å². The van der Waals surface area contributed by atoms with E-state index in [1.807, 2.05) is 19.2 Å². The molecule has 0 amide bonds. The Hall–Kier alpha value is -1.73. The second kappa shape index (κ2) is 6.62. The summed E-state index contributed by atoms with van der Waals surface area (Å²) >= 11 is 1.49. The van der Waals surface area contributed by atoms with E-state index in [1.54, 1.807) is 13.2 Å². The predicted molar refractivity (Wildman–Crippen MR) is 80.4 cm³/mol. The molecule has 0 atom stereocenters. The lowest BCUT2D eigenvalue weighted by Gasteiger charge is -2.07. The van der Waals surface area contributed by atoms with E-state index >= 15 is 0 Å². The number of ether oxygens (including phenoxy) is 1. The van der Waals surface area contributed by atoms with E-state index in [4.69, 9.17) is 4.74 Å². The van der Waals surface area contributed by atoms with E-state index in [0.717, 1.165) is 17.4 Å². The standard InChI is InChI=1S/C13H18N4O2S/c1-4-14-13-15-11(8-20-13)10-7-9(2)16-17(12(10)18)5-6-19-3/h7-8H,4-6H2,1-3H3,(H,14,15). The Morgan fingerprint density at radius 2 is 2.30 bits per heavy atom. The summed E-state index contributed by atoms with van der Waals surface area (Å²) in [5.74, 6) is 0. The second-order valence-corrected chi connectivity index (χ2v) is 5.15. The van der Waals surface area contributed by atoms with Crippen molar-refractivity contribution in [2.75, 3.05) is 25.6 Å². The third kappa shape index (κ3) is 3.23. The zero-order valence-corrected chi connectivity index (χ0v) is 12.7. The molecule has 0 aliphatic heterocycles. The summed E-state index contributed by atoms with van der Waals surface area (Å²) in [4.78, 5) is 16.8. The Balaban J connectivity index is 2.39. The van der Waals surface area contributed by atoms with Gasteiger partial charge in [-0.05, 0) is 19.9 Å². The molecule has 0 saturated carbocycles. The molecule has 6 nitrogen and oxygen atoms in total. The molecule has 20 heavy (non-hydrogen) atoms. The van der Waals surface area contributed by atoms with Crippen LogP contribution >= 0.6 is 11.3 Å². The second-order valence-electron chi connectivity index (χ2n) is 4.29. The number of aryl methyl sites for hydroxylation is 1. The van der Waals surface area contributed by atoms with Gasteiger partial charge in [0.25, 0.3) is 5.56 Å². The van der Waals surface area contributed by atoms with E-state index in [1.165, 1.54) is 16.0 Å². The zero-order valence-electron chi connectivity index (χ0n) is 11.8. The predicted octanol–water partition coefficient (Wildman–Crippen LogP) is 1.75. The van der Waals surface area contributed by atoms with Crippen LogP contribution in [0.25, 0.3) is 11.3 Å². The Labute approximate surface area is 121 Å². The molecule has 2 heterocycles. The maximum Gasteiger partial charge on any atom is 0.276 e. The largest absolute Gasteiger partial charge is 0.383 e. The molecule has 0 fully saturated rings. The van der Waals surface area contributed by atoms with Gasteiger partial charge in [0.05, 0.1) is 30.1 Å². The summed E-state index contributed by atoms with van der Waals surface area (Å²) in [6, 6.07) is 1.77. The minimum atomic E-state index is -0.138. The Morgan fingerprint density at radius 1 is 1.50 bits per heavy atom. The molecule has 0 spiro atoms. The maximum atomic E-state index is 12.4. The van der Waals surface area contributed by atoms with Crippen LogP contribution in [0.5, 0.6) is 0 Å². The maximum absolute atomic E-state index is 12.4. The minimum absolute atomic E-state index is 0.138. The summed E-state index contributed by atoms with van der Waals surface area (Å²) in [5, 5.41) is 10.1. The van der Waals surface area contributed by atoms with Gasteiger partial charge in [-0.3, -0.25) is 4.79 Å². The molecule has 108 valence electrons. The van der Waals surface area contributed by atoms with E-state index < -0.39 is 0 Å². The highest BCUT2D eigenvalue weighted by molar-refractivity contribution is 7.14. The SMILES string of the molecule is CCNc1nc(-c2cc(C)nn(CCOC)c2=O)cs1. The van der Waals surface area contributed by atoms with Gasteiger partial charge in [0.15, 0.2) is 5.13 Å². The summed E-state index contributed by atoms with van der Waals surface area (Å²) in [5.41, 5.74) is 1.91. The lowest BCUT2D eigenvalue weighted by Crippen LogP contribution is -2.26. The van der Waals surface area contributed by atoms with Gasteiger partial charge in [-0.25, -0.2) is 9.67 Å². The molecule has 0 saturated heterocycles. The molecule has 0 bridgehead atoms. The topological polar surface area (TPSA) is 69.0 Å². The first-order chi connectivity index (χ1) is 9.65. The number of anilines is 1. The van der Waals surface area contributed by atoms with Crippen molar-refractivity contribution in [1.29, 1.82) is 0 Å². The van der Waals surface area contributed by atoms with E-state index in [9.17, 15) is 4.79 Å². The van der Waals surface area contributed by atoms with Gasteiger partial charge in [-0.2, -0.15) is 5.10 Å². The van der Waals surface area contributed by atoms with Crippen LogP contribution in [-0.4, -0.2) is 35.0 Å². The van der Waals surface area contributed by atoms with Crippen molar-refractivity contribution in [2.24, 2.45) is 0 Å². The molecule has 1 N–H and O–H groups in total. The normalized spacial score (nSPS) is 10.8. The van der Waals surface area contributed by atoms with Gasteiger partial charge in [-0.15, -0.1) is 11.3 Å². The van der Waals surface area contributed by atoms with Crippen LogP contribution in [0.1, 0.15) is 12.6 Å². The number of nitrogens with zero attached hydrogens (tertiary/aromatic N) is 3. The Bertz CT molecular complexity index is 636. The highest BCUT2D eigenvalue weighted by Crippen LogP contribution is 2.22. The van der Waals surface area contributed by atoms with Crippen molar-refractivity contribution in [3.63, 3.8) is 0 Å². The average molecular weight is 294 g/mol. The van der Waals surface area contributed by atoms with Crippen LogP contribution in [0.3, 0.4) is 0 Å². The first-order valence-corrected chi connectivity index (χ1v) is 7.31. The number of nitrogens with one attached hydrogen (secondary N) is 1. The molecule has 2 aromatic heterocycles. The fraction of sp³-hybridized carbons (Fsp3) is 0.462. The van der Waals surface area contributed by atoms with Crippen molar-refractivity contribution in [3.05, 3.63) is 27.5 Å². The van der Waals surface area contributed by atoms with Crippen LogP contribution in [0.2, 0.25) is 0 Å². The third-order valence-electron chi connectivity index (χ3n) is 2.71. The number of hydrogen-bond donors (Lipinski definition) is 1. The minimum Gasteiger partial charge on any atom is -0.383 e.